The highest BCUT2D eigenvalue weighted by Gasteiger charge is 2.10. The van der Waals surface area contributed by atoms with Crippen LogP contribution in [0, 0.1) is 5.82 Å². The summed E-state index contributed by atoms with van der Waals surface area (Å²) in [5.41, 5.74) is 0.717. The van der Waals surface area contributed by atoms with Gasteiger partial charge in [-0.25, -0.2) is 4.39 Å². The maximum atomic E-state index is 13.5. The Morgan fingerprint density at radius 2 is 1.79 bits per heavy atom. The van der Waals surface area contributed by atoms with E-state index in [2.05, 4.69) is 4.90 Å². The fraction of sp³-hybridized carbons (Fsp3) is 0.600. The number of hydrogen-bond donors (Lipinski definition) is 0. The van der Waals surface area contributed by atoms with Crippen molar-refractivity contribution in [2.75, 3.05) is 26.8 Å². The molecule has 0 saturated heterocycles. The van der Waals surface area contributed by atoms with E-state index >= 15 is 0 Å². The van der Waals surface area contributed by atoms with Crippen molar-refractivity contribution < 1.29 is 13.9 Å². The van der Waals surface area contributed by atoms with Crippen molar-refractivity contribution in [2.45, 2.75) is 33.1 Å². The standard InChI is InChI=1S/C15H24FNO2/c1-4-18-15(19-5-2)10-11-17(3)12-13-8-6-7-9-14(13)16/h6-9,15H,4-5,10-12H2,1-3H3. The zero-order chi connectivity index (χ0) is 14.1. The molecule has 0 spiro atoms. The van der Waals surface area contributed by atoms with Crippen LogP contribution < -0.4 is 0 Å². The summed E-state index contributed by atoms with van der Waals surface area (Å²) < 4.78 is 24.5. The minimum absolute atomic E-state index is 0.152. The Balaban J connectivity index is 2.38. The number of hydrogen-bond acceptors (Lipinski definition) is 3. The molecule has 0 amide bonds. The van der Waals surface area contributed by atoms with Crippen molar-refractivity contribution in [3.05, 3.63) is 35.6 Å². The molecule has 0 aliphatic heterocycles. The molecule has 1 rings (SSSR count). The lowest BCUT2D eigenvalue weighted by molar-refractivity contribution is -0.141. The molecule has 108 valence electrons. The van der Waals surface area contributed by atoms with E-state index in [1.807, 2.05) is 33.0 Å². The van der Waals surface area contributed by atoms with Gasteiger partial charge in [0.15, 0.2) is 6.29 Å². The highest BCUT2D eigenvalue weighted by molar-refractivity contribution is 5.16. The van der Waals surface area contributed by atoms with Gasteiger partial charge in [0.1, 0.15) is 5.82 Å². The van der Waals surface area contributed by atoms with Crippen LogP contribution in [0.15, 0.2) is 24.3 Å². The molecule has 0 aliphatic rings. The average Bonchev–Trinajstić information content (AvgIpc) is 2.39. The quantitative estimate of drug-likeness (QED) is 0.643. The van der Waals surface area contributed by atoms with Crippen LogP contribution >= 0.6 is 0 Å². The minimum Gasteiger partial charge on any atom is -0.353 e. The highest BCUT2D eigenvalue weighted by Crippen LogP contribution is 2.10. The lowest BCUT2D eigenvalue weighted by atomic mass is 10.2. The second-order valence-electron chi connectivity index (χ2n) is 4.46. The third kappa shape index (κ3) is 6.14. The highest BCUT2D eigenvalue weighted by atomic mass is 19.1. The number of benzene rings is 1. The predicted molar refractivity (Wildman–Crippen MR) is 74.4 cm³/mol. The van der Waals surface area contributed by atoms with Crippen LogP contribution in [-0.2, 0) is 16.0 Å². The van der Waals surface area contributed by atoms with Crippen LogP contribution in [-0.4, -0.2) is 38.0 Å². The average molecular weight is 269 g/mol. The van der Waals surface area contributed by atoms with Crippen molar-refractivity contribution >= 4 is 0 Å². The monoisotopic (exact) mass is 269 g/mol. The maximum absolute atomic E-state index is 13.5. The van der Waals surface area contributed by atoms with Gasteiger partial charge in [0.05, 0.1) is 0 Å². The van der Waals surface area contributed by atoms with Crippen molar-refractivity contribution in [1.82, 2.24) is 4.90 Å². The smallest absolute Gasteiger partial charge is 0.158 e. The van der Waals surface area contributed by atoms with Crippen molar-refractivity contribution in [2.24, 2.45) is 0 Å². The molecule has 0 atom stereocenters. The van der Waals surface area contributed by atoms with E-state index in [-0.39, 0.29) is 12.1 Å². The van der Waals surface area contributed by atoms with Gasteiger partial charge in [-0.3, -0.25) is 0 Å². The third-order valence-corrected chi connectivity index (χ3v) is 2.85. The number of halogens is 1. The molecule has 0 radical (unpaired) electrons. The Labute approximate surface area is 115 Å². The Morgan fingerprint density at radius 3 is 2.37 bits per heavy atom. The Kier molecular flexibility index (Phi) is 7.63. The summed E-state index contributed by atoms with van der Waals surface area (Å²) in [6.07, 6.45) is 0.616. The Morgan fingerprint density at radius 1 is 1.16 bits per heavy atom. The second-order valence-corrected chi connectivity index (χ2v) is 4.46. The van der Waals surface area contributed by atoms with Gasteiger partial charge in [-0.05, 0) is 27.0 Å². The number of ether oxygens (including phenoxy) is 2. The molecule has 0 heterocycles. The van der Waals surface area contributed by atoms with Crippen LogP contribution in [0.5, 0.6) is 0 Å². The molecule has 0 fully saturated rings. The number of rotatable bonds is 9. The minimum atomic E-state index is -0.168. The van der Waals surface area contributed by atoms with Crippen molar-refractivity contribution in [3.63, 3.8) is 0 Å². The largest absolute Gasteiger partial charge is 0.353 e. The third-order valence-electron chi connectivity index (χ3n) is 2.85. The van der Waals surface area contributed by atoms with E-state index in [9.17, 15) is 4.39 Å². The summed E-state index contributed by atoms with van der Waals surface area (Å²) in [6.45, 7) is 6.59. The molecule has 3 nitrogen and oxygen atoms in total. The van der Waals surface area contributed by atoms with E-state index in [0.29, 0.717) is 19.8 Å². The van der Waals surface area contributed by atoms with Crippen LogP contribution in [0.25, 0.3) is 0 Å². The molecular formula is C15H24FNO2. The lowest BCUT2D eigenvalue weighted by Gasteiger charge is -2.21. The first-order valence-electron chi connectivity index (χ1n) is 6.82. The van der Waals surface area contributed by atoms with E-state index in [1.54, 1.807) is 6.07 Å². The SMILES string of the molecule is CCOC(CCN(C)Cc1ccccc1F)OCC. The summed E-state index contributed by atoms with van der Waals surface area (Å²) in [4.78, 5) is 2.07. The van der Waals surface area contributed by atoms with E-state index in [4.69, 9.17) is 9.47 Å². The van der Waals surface area contributed by atoms with Gasteiger partial charge < -0.3 is 14.4 Å². The fourth-order valence-corrected chi connectivity index (χ4v) is 1.91. The first-order chi connectivity index (χ1) is 9.17. The van der Waals surface area contributed by atoms with Crippen LogP contribution in [0.2, 0.25) is 0 Å². The molecule has 1 aromatic rings. The van der Waals surface area contributed by atoms with Crippen LogP contribution in [0.4, 0.5) is 4.39 Å². The molecule has 0 N–H and O–H groups in total. The first kappa shape index (κ1) is 16.1. The normalized spacial score (nSPS) is 11.5. The molecule has 0 saturated carbocycles. The van der Waals surface area contributed by atoms with E-state index in [1.165, 1.54) is 6.07 Å². The van der Waals surface area contributed by atoms with Gasteiger partial charge in [0.2, 0.25) is 0 Å². The predicted octanol–water partition coefficient (Wildman–Crippen LogP) is 3.05. The van der Waals surface area contributed by atoms with Crippen LogP contribution in [0.3, 0.4) is 0 Å². The van der Waals surface area contributed by atoms with Crippen LogP contribution in [0.1, 0.15) is 25.8 Å². The lowest BCUT2D eigenvalue weighted by Crippen LogP contribution is -2.26. The molecule has 19 heavy (non-hydrogen) atoms. The van der Waals surface area contributed by atoms with E-state index < -0.39 is 0 Å². The molecule has 0 aliphatic carbocycles. The summed E-state index contributed by atoms with van der Waals surface area (Å²) in [5.74, 6) is -0.152. The summed E-state index contributed by atoms with van der Waals surface area (Å²) >= 11 is 0. The van der Waals surface area contributed by atoms with Gasteiger partial charge in [0.25, 0.3) is 0 Å². The van der Waals surface area contributed by atoms with E-state index in [0.717, 1.165) is 18.5 Å². The zero-order valence-electron chi connectivity index (χ0n) is 12.1. The second kappa shape index (κ2) is 9.02. The molecule has 1 aromatic carbocycles. The zero-order valence-corrected chi connectivity index (χ0v) is 12.1. The van der Waals surface area contributed by atoms with Gasteiger partial charge in [-0.1, -0.05) is 18.2 Å². The summed E-state index contributed by atoms with van der Waals surface area (Å²) in [5, 5.41) is 0. The maximum Gasteiger partial charge on any atom is 0.158 e. The van der Waals surface area contributed by atoms with Gasteiger partial charge in [0, 0.05) is 38.3 Å². The fourth-order valence-electron chi connectivity index (χ4n) is 1.91. The Hall–Kier alpha value is -0.970. The molecule has 0 aromatic heterocycles. The van der Waals surface area contributed by atoms with Crippen molar-refractivity contribution in [3.8, 4) is 0 Å². The molecule has 4 heteroatoms. The molecular weight excluding hydrogens is 245 g/mol. The van der Waals surface area contributed by atoms with Gasteiger partial charge in [-0.2, -0.15) is 0 Å². The topological polar surface area (TPSA) is 21.7 Å². The molecule has 0 bridgehead atoms. The van der Waals surface area contributed by atoms with Gasteiger partial charge >= 0.3 is 0 Å². The first-order valence-corrected chi connectivity index (χ1v) is 6.82. The summed E-state index contributed by atoms with van der Waals surface area (Å²) in [7, 11) is 1.97. The molecule has 0 unspecified atom stereocenters. The Bertz CT molecular complexity index is 354. The van der Waals surface area contributed by atoms with Crippen molar-refractivity contribution in [1.29, 1.82) is 0 Å². The van der Waals surface area contributed by atoms with Gasteiger partial charge in [-0.15, -0.1) is 0 Å². The summed E-state index contributed by atoms with van der Waals surface area (Å²) in [6, 6.07) is 6.87. The number of nitrogens with zero attached hydrogens (tertiary/aromatic N) is 1.